The predicted octanol–water partition coefficient (Wildman–Crippen LogP) is 2.44. The molecule has 0 unspecified atom stereocenters. The number of carboxylic acid groups (broad SMARTS) is 1. The van der Waals surface area contributed by atoms with Crippen LogP contribution in [0.15, 0.2) is 24.3 Å². The molecule has 1 aliphatic rings. The number of aliphatic carboxylic acids is 1. The van der Waals surface area contributed by atoms with Crippen molar-refractivity contribution in [1.82, 2.24) is 15.1 Å². The van der Waals surface area contributed by atoms with Gasteiger partial charge in [0.1, 0.15) is 18.2 Å². The minimum Gasteiger partial charge on any atom is -0.507 e. The zero-order valence-corrected chi connectivity index (χ0v) is 16.9. The molecule has 3 N–H and O–H groups in total. The Morgan fingerprint density at radius 2 is 2.14 bits per heavy atom. The third-order valence-corrected chi connectivity index (χ3v) is 5.03. The van der Waals surface area contributed by atoms with Gasteiger partial charge in [-0.05, 0) is 62.6 Å². The summed E-state index contributed by atoms with van der Waals surface area (Å²) < 4.78 is 5.13. The average Bonchev–Trinajstić information content (AvgIpc) is 2.66. The topological polar surface area (TPSA) is 108 Å². The number of benzene rings is 1. The van der Waals surface area contributed by atoms with Crippen LogP contribution in [0.5, 0.6) is 5.75 Å². The molecule has 29 heavy (non-hydrogen) atoms. The molecule has 1 aromatic heterocycles. The first-order valence-electron chi connectivity index (χ1n) is 9.85. The van der Waals surface area contributed by atoms with Crippen LogP contribution in [0.25, 0.3) is 11.3 Å². The molecule has 0 radical (unpaired) electrons. The Labute approximate surface area is 170 Å². The van der Waals surface area contributed by atoms with E-state index in [0.29, 0.717) is 30.2 Å². The van der Waals surface area contributed by atoms with Gasteiger partial charge >= 0.3 is 5.97 Å². The number of phenols is 1. The number of hydrogen-bond acceptors (Lipinski definition) is 7. The van der Waals surface area contributed by atoms with Crippen LogP contribution in [0.3, 0.4) is 0 Å². The van der Waals surface area contributed by atoms with Gasteiger partial charge in [-0.2, -0.15) is 0 Å². The summed E-state index contributed by atoms with van der Waals surface area (Å²) in [6.45, 7) is 6.58. The second-order valence-electron chi connectivity index (χ2n) is 7.51. The molecule has 2 heterocycles. The van der Waals surface area contributed by atoms with E-state index in [4.69, 9.17) is 9.84 Å². The van der Waals surface area contributed by atoms with Gasteiger partial charge in [0.25, 0.3) is 0 Å². The maximum atomic E-state index is 10.5. The molecular formula is C21H28N4O4. The van der Waals surface area contributed by atoms with E-state index in [2.05, 4.69) is 20.4 Å². The monoisotopic (exact) mass is 400 g/mol. The highest BCUT2D eigenvalue weighted by Gasteiger charge is 2.20. The zero-order chi connectivity index (χ0) is 20.8. The van der Waals surface area contributed by atoms with E-state index >= 15 is 0 Å². The van der Waals surface area contributed by atoms with Crippen LogP contribution in [0.1, 0.15) is 24.0 Å². The Hall–Kier alpha value is -2.71. The van der Waals surface area contributed by atoms with Crippen LogP contribution in [0.2, 0.25) is 0 Å². The molecule has 8 heteroatoms. The Kier molecular flexibility index (Phi) is 7.00. The van der Waals surface area contributed by atoms with Crippen LogP contribution < -0.4 is 5.32 Å². The fourth-order valence-electron chi connectivity index (χ4n) is 3.60. The fraction of sp³-hybridized carbons (Fsp3) is 0.476. The Morgan fingerprint density at radius 1 is 1.31 bits per heavy atom. The van der Waals surface area contributed by atoms with Gasteiger partial charge in [-0.25, -0.2) is 4.79 Å². The van der Waals surface area contributed by atoms with Crippen molar-refractivity contribution in [2.45, 2.75) is 32.7 Å². The van der Waals surface area contributed by atoms with Crippen molar-refractivity contribution in [3.63, 3.8) is 0 Å². The first-order valence-corrected chi connectivity index (χ1v) is 9.85. The summed E-state index contributed by atoms with van der Waals surface area (Å²) in [7, 11) is 0. The van der Waals surface area contributed by atoms with Crippen LogP contribution in [-0.4, -0.2) is 70.2 Å². The van der Waals surface area contributed by atoms with E-state index in [0.717, 1.165) is 37.1 Å². The van der Waals surface area contributed by atoms with E-state index in [-0.39, 0.29) is 18.4 Å². The summed E-state index contributed by atoms with van der Waals surface area (Å²) in [5.74, 6) is -0.0255. The van der Waals surface area contributed by atoms with Crippen molar-refractivity contribution in [1.29, 1.82) is 0 Å². The molecule has 0 aliphatic carbocycles. The molecule has 0 amide bonds. The van der Waals surface area contributed by atoms with Crippen LogP contribution in [0.4, 0.5) is 5.82 Å². The quantitative estimate of drug-likeness (QED) is 0.580. The number of likely N-dealkylation sites (tertiary alicyclic amines) is 1. The number of piperidine rings is 1. The number of nitrogens with one attached hydrogen (secondary N) is 1. The highest BCUT2D eigenvalue weighted by molar-refractivity contribution is 5.70. The molecular weight excluding hydrogens is 372 g/mol. The second kappa shape index (κ2) is 9.67. The van der Waals surface area contributed by atoms with Gasteiger partial charge in [0.2, 0.25) is 0 Å². The molecule has 1 fully saturated rings. The normalized spacial score (nSPS) is 17.2. The maximum Gasteiger partial charge on any atom is 0.329 e. The van der Waals surface area contributed by atoms with E-state index in [9.17, 15) is 9.90 Å². The first kappa shape index (κ1) is 21.0. The largest absolute Gasteiger partial charge is 0.507 e. The van der Waals surface area contributed by atoms with Gasteiger partial charge in [0, 0.05) is 24.7 Å². The van der Waals surface area contributed by atoms with Gasteiger partial charge in [0.05, 0.1) is 12.3 Å². The third-order valence-electron chi connectivity index (χ3n) is 5.03. The summed E-state index contributed by atoms with van der Waals surface area (Å²) in [6, 6.07) is 7.73. The average molecular weight is 400 g/mol. The van der Waals surface area contributed by atoms with Gasteiger partial charge in [-0.3, -0.25) is 4.90 Å². The highest BCUT2D eigenvalue weighted by Crippen LogP contribution is 2.31. The molecule has 1 aliphatic heterocycles. The van der Waals surface area contributed by atoms with Crippen LogP contribution >= 0.6 is 0 Å². The molecule has 0 bridgehead atoms. The predicted molar refractivity (Wildman–Crippen MR) is 110 cm³/mol. The summed E-state index contributed by atoms with van der Waals surface area (Å²) in [5, 5.41) is 30.9. The van der Waals surface area contributed by atoms with E-state index in [1.165, 1.54) is 0 Å². The molecule has 1 aromatic carbocycles. The smallest absolute Gasteiger partial charge is 0.329 e. The van der Waals surface area contributed by atoms with Crippen molar-refractivity contribution in [2.75, 3.05) is 38.2 Å². The van der Waals surface area contributed by atoms with E-state index < -0.39 is 5.97 Å². The lowest BCUT2D eigenvalue weighted by Crippen LogP contribution is -2.43. The summed E-state index contributed by atoms with van der Waals surface area (Å²) in [6.07, 6.45) is 2.09. The van der Waals surface area contributed by atoms with Gasteiger partial charge < -0.3 is 20.3 Å². The molecule has 156 valence electrons. The van der Waals surface area contributed by atoms with Crippen LogP contribution in [-0.2, 0) is 9.53 Å². The standard InChI is InChI=1S/C21H28N4O4/c1-14-5-6-17(18(26)10-14)21-15(2)11-19(23-24-21)22-16-4-3-7-25(12-16)8-9-29-13-20(27)28/h5-6,10-11,16,26H,3-4,7-9,12-13H2,1-2H3,(H,22,23)(H,27,28)/t16-/m1/s1. The lowest BCUT2D eigenvalue weighted by atomic mass is 10.0. The van der Waals surface area contributed by atoms with Crippen molar-refractivity contribution < 1.29 is 19.7 Å². The molecule has 8 nitrogen and oxygen atoms in total. The summed E-state index contributed by atoms with van der Waals surface area (Å²) in [4.78, 5) is 12.8. The zero-order valence-electron chi connectivity index (χ0n) is 16.9. The Bertz CT molecular complexity index is 859. The number of aromatic nitrogens is 2. The number of phenolic OH excluding ortho intramolecular Hbond substituents is 1. The number of ether oxygens (including phenoxy) is 1. The number of carboxylic acids is 1. The molecule has 2 aromatic rings. The molecule has 3 rings (SSSR count). The van der Waals surface area contributed by atoms with Crippen LogP contribution in [0, 0.1) is 13.8 Å². The number of anilines is 1. The summed E-state index contributed by atoms with van der Waals surface area (Å²) >= 11 is 0. The number of hydrogen-bond donors (Lipinski definition) is 3. The number of aromatic hydroxyl groups is 1. The van der Waals surface area contributed by atoms with E-state index in [1.807, 2.05) is 32.0 Å². The summed E-state index contributed by atoms with van der Waals surface area (Å²) in [5.41, 5.74) is 3.29. The van der Waals surface area contributed by atoms with Gasteiger partial charge in [-0.15, -0.1) is 10.2 Å². The Morgan fingerprint density at radius 3 is 2.86 bits per heavy atom. The van der Waals surface area contributed by atoms with Crippen molar-refractivity contribution in [3.05, 3.63) is 35.4 Å². The van der Waals surface area contributed by atoms with Crippen molar-refractivity contribution in [3.8, 4) is 17.0 Å². The second-order valence-corrected chi connectivity index (χ2v) is 7.51. The SMILES string of the molecule is Cc1ccc(-c2nnc(N[C@@H]3CCCN(CCOCC(=O)O)C3)cc2C)c(O)c1. The first-order chi connectivity index (χ1) is 13.9. The number of aryl methyl sites for hydroxylation is 2. The number of rotatable bonds is 8. The van der Waals surface area contributed by atoms with Crippen molar-refractivity contribution in [2.24, 2.45) is 0 Å². The third kappa shape index (κ3) is 5.88. The lowest BCUT2D eigenvalue weighted by molar-refractivity contribution is -0.142. The van der Waals surface area contributed by atoms with E-state index in [1.54, 1.807) is 6.07 Å². The number of nitrogens with zero attached hydrogens (tertiary/aromatic N) is 3. The minimum absolute atomic E-state index is 0.205. The van der Waals surface area contributed by atoms with Crippen molar-refractivity contribution >= 4 is 11.8 Å². The van der Waals surface area contributed by atoms with Gasteiger partial charge in [0.15, 0.2) is 0 Å². The fourth-order valence-corrected chi connectivity index (χ4v) is 3.60. The maximum absolute atomic E-state index is 10.5. The molecule has 1 saturated heterocycles. The lowest BCUT2D eigenvalue weighted by Gasteiger charge is -2.33. The Balaban J connectivity index is 1.58. The minimum atomic E-state index is -0.945. The molecule has 0 spiro atoms. The molecule has 1 atom stereocenters. The number of carbonyl (C=O) groups is 1. The molecule has 0 saturated carbocycles. The van der Waals surface area contributed by atoms with Gasteiger partial charge in [-0.1, -0.05) is 6.07 Å². The highest BCUT2D eigenvalue weighted by atomic mass is 16.5.